The number of benzene rings is 2. The molecule has 0 radical (unpaired) electrons. The van der Waals surface area contributed by atoms with E-state index in [0.29, 0.717) is 10.7 Å². The van der Waals surface area contributed by atoms with Crippen LogP contribution in [0.2, 0.25) is 5.02 Å². The lowest BCUT2D eigenvalue weighted by atomic mass is 9.78. The fourth-order valence-electron chi connectivity index (χ4n) is 3.45. The average molecular weight is 378 g/mol. The van der Waals surface area contributed by atoms with Crippen molar-refractivity contribution >= 4 is 33.0 Å². The Balaban J connectivity index is 1.87. The molecule has 1 N–H and O–H groups in total. The van der Waals surface area contributed by atoms with Gasteiger partial charge in [-0.15, -0.1) is 0 Å². The molecule has 1 fully saturated rings. The SMILES string of the molecule is CS(=O)(=O)c1ccc(NC(=O)C2(c3cccc(Cl)c3)CCCC2)cc1. The molecule has 4 nitrogen and oxygen atoms in total. The highest BCUT2D eigenvalue weighted by atomic mass is 35.5. The number of anilines is 1. The fraction of sp³-hybridized carbons (Fsp3) is 0.316. The lowest BCUT2D eigenvalue weighted by Gasteiger charge is -2.28. The van der Waals surface area contributed by atoms with Crippen LogP contribution in [0.3, 0.4) is 0 Å². The maximum absolute atomic E-state index is 13.1. The Hall–Kier alpha value is -1.85. The topological polar surface area (TPSA) is 63.2 Å². The lowest BCUT2D eigenvalue weighted by Crippen LogP contribution is -2.38. The van der Waals surface area contributed by atoms with E-state index in [9.17, 15) is 13.2 Å². The Bertz CT molecular complexity index is 885. The second kappa shape index (κ2) is 6.81. The minimum Gasteiger partial charge on any atom is -0.325 e. The van der Waals surface area contributed by atoms with Gasteiger partial charge in [0.15, 0.2) is 9.84 Å². The number of hydrogen-bond donors (Lipinski definition) is 1. The number of sulfone groups is 1. The third-order valence-electron chi connectivity index (χ3n) is 4.81. The van der Waals surface area contributed by atoms with Gasteiger partial charge in [0.05, 0.1) is 10.3 Å². The highest BCUT2D eigenvalue weighted by Gasteiger charge is 2.42. The molecule has 3 rings (SSSR count). The molecular formula is C19H20ClNO3S. The number of halogens is 1. The molecule has 0 aromatic heterocycles. The predicted octanol–water partition coefficient (Wildman–Crippen LogP) is 4.19. The first-order valence-electron chi connectivity index (χ1n) is 8.19. The van der Waals surface area contributed by atoms with Gasteiger partial charge in [0, 0.05) is 17.0 Å². The molecule has 0 aliphatic heterocycles. The van der Waals surface area contributed by atoms with Gasteiger partial charge in [-0.2, -0.15) is 0 Å². The molecule has 1 aliphatic rings. The molecule has 132 valence electrons. The monoisotopic (exact) mass is 377 g/mol. The van der Waals surface area contributed by atoms with Gasteiger partial charge in [-0.1, -0.05) is 36.6 Å². The van der Waals surface area contributed by atoms with Crippen molar-refractivity contribution in [2.45, 2.75) is 36.0 Å². The quantitative estimate of drug-likeness (QED) is 0.868. The third kappa shape index (κ3) is 3.72. The van der Waals surface area contributed by atoms with Crippen LogP contribution in [0.25, 0.3) is 0 Å². The molecule has 0 saturated heterocycles. The number of carbonyl (C=O) groups is 1. The van der Waals surface area contributed by atoms with E-state index in [2.05, 4.69) is 5.32 Å². The summed E-state index contributed by atoms with van der Waals surface area (Å²) in [5, 5.41) is 3.56. The second-order valence-electron chi connectivity index (χ2n) is 6.55. The maximum atomic E-state index is 13.1. The van der Waals surface area contributed by atoms with Gasteiger partial charge < -0.3 is 5.32 Å². The van der Waals surface area contributed by atoms with Crippen LogP contribution in [-0.4, -0.2) is 20.6 Å². The summed E-state index contributed by atoms with van der Waals surface area (Å²) < 4.78 is 23.1. The van der Waals surface area contributed by atoms with Crippen molar-refractivity contribution in [1.29, 1.82) is 0 Å². The van der Waals surface area contributed by atoms with E-state index in [1.54, 1.807) is 18.2 Å². The minimum atomic E-state index is -3.25. The minimum absolute atomic E-state index is 0.0700. The summed E-state index contributed by atoms with van der Waals surface area (Å²) in [6.07, 6.45) is 4.70. The van der Waals surface area contributed by atoms with Crippen molar-refractivity contribution in [3.8, 4) is 0 Å². The Labute approximate surface area is 153 Å². The van der Waals surface area contributed by atoms with Crippen molar-refractivity contribution in [1.82, 2.24) is 0 Å². The maximum Gasteiger partial charge on any atom is 0.235 e. The van der Waals surface area contributed by atoms with Crippen LogP contribution in [0.15, 0.2) is 53.4 Å². The van der Waals surface area contributed by atoms with Gasteiger partial charge in [-0.3, -0.25) is 4.79 Å². The van der Waals surface area contributed by atoms with E-state index in [0.717, 1.165) is 37.5 Å². The van der Waals surface area contributed by atoms with Crippen LogP contribution in [-0.2, 0) is 20.0 Å². The average Bonchev–Trinajstić information content (AvgIpc) is 3.05. The molecule has 1 amide bonds. The molecule has 0 unspecified atom stereocenters. The summed E-state index contributed by atoms with van der Waals surface area (Å²) in [4.78, 5) is 13.3. The van der Waals surface area contributed by atoms with Crippen LogP contribution < -0.4 is 5.32 Å². The van der Waals surface area contributed by atoms with Gasteiger partial charge in [0.1, 0.15) is 0 Å². The highest BCUT2D eigenvalue weighted by molar-refractivity contribution is 7.90. The van der Waals surface area contributed by atoms with Gasteiger partial charge in [0.25, 0.3) is 0 Å². The number of carbonyl (C=O) groups excluding carboxylic acids is 1. The van der Waals surface area contributed by atoms with Crippen molar-refractivity contribution in [2.24, 2.45) is 0 Å². The van der Waals surface area contributed by atoms with Crippen LogP contribution in [0.5, 0.6) is 0 Å². The molecule has 0 spiro atoms. The Kier molecular flexibility index (Phi) is 4.89. The summed E-state index contributed by atoms with van der Waals surface area (Å²) >= 11 is 6.12. The van der Waals surface area contributed by atoms with Crippen molar-refractivity contribution in [3.05, 3.63) is 59.1 Å². The van der Waals surface area contributed by atoms with Gasteiger partial charge in [-0.25, -0.2) is 8.42 Å². The zero-order valence-corrected chi connectivity index (χ0v) is 15.5. The number of nitrogens with one attached hydrogen (secondary N) is 1. The summed E-state index contributed by atoms with van der Waals surface area (Å²) in [7, 11) is -3.25. The highest BCUT2D eigenvalue weighted by Crippen LogP contribution is 2.42. The van der Waals surface area contributed by atoms with Gasteiger partial charge in [-0.05, 0) is 54.8 Å². The summed E-state index contributed by atoms with van der Waals surface area (Å²) in [5.74, 6) is -0.0700. The third-order valence-corrected chi connectivity index (χ3v) is 6.17. The van der Waals surface area contributed by atoms with E-state index in [-0.39, 0.29) is 10.8 Å². The molecule has 2 aromatic rings. The molecule has 2 aromatic carbocycles. The Morgan fingerprint density at radius 1 is 1.08 bits per heavy atom. The number of rotatable bonds is 4. The number of amides is 1. The van der Waals surface area contributed by atoms with Crippen LogP contribution in [0.4, 0.5) is 5.69 Å². The first-order valence-corrected chi connectivity index (χ1v) is 10.5. The molecule has 25 heavy (non-hydrogen) atoms. The number of hydrogen-bond acceptors (Lipinski definition) is 3. The van der Waals surface area contributed by atoms with Gasteiger partial charge >= 0.3 is 0 Å². The molecule has 1 aliphatic carbocycles. The smallest absolute Gasteiger partial charge is 0.235 e. The molecule has 1 saturated carbocycles. The first kappa shape index (κ1) is 18.0. The predicted molar refractivity (Wildman–Crippen MR) is 99.8 cm³/mol. The van der Waals surface area contributed by atoms with E-state index in [1.807, 2.05) is 18.2 Å². The van der Waals surface area contributed by atoms with Crippen molar-refractivity contribution < 1.29 is 13.2 Å². The molecule has 0 heterocycles. The van der Waals surface area contributed by atoms with Crippen LogP contribution in [0.1, 0.15) is 31.2 Å². The van der Waals surface area contributed by atoms with Crippen LogP contribution in [0, 0.1) is 0 Å². The summed E-state index contributed by atoms with van der Waals surface area (Å²) in [6, 6.07) is 13.7. The largest absolute Gasteiger partial charge is 0.325 e. The summed E-state index contributed by atoms with van der Waals surface area (Å²) in [5.41, 5.74) is 0.939. The molecule has 6 heteroatoms. The van der Waals surface area contributed by atoms with Crippen molar-refractivity contribution in [2.75, 3.05) is 11.6 Å². The van der Waals surface area contributed by atoms with E-state index < -0.39 is 15.3 Å². The molecule has 0 atom stereocenters. The molecular weight excluding hydrogens is 358 g/mol. The summed E-state index contributed by atoms with van der Waals surface area (Å²) in [6.45, 7) is 0. The Morgan fingerprint density at radius 3 is 2.28 bits per heavy atom. The van der Waals surface area contributed by atoms with Crippen LogP contribution >= 0.6 is 11.6 Å². The molecule has 0 bridgehead atoms. The lowest BCUT2D eigenvalue weighted by molar-refractivity contribution is -0.121. The second-order valence-corrected chi connectivity index (χ2v) is 9.00. The standard InChI is InChI=1S/C19H20ClNO3S/c1-25(23,24)17-9-7-16(8-10-17)21-18(22)19(11-2-3-12-19)14-5-4-6-15(20)13-14/h4-10,13H,2-3,11-12H2,1H3,(H,21,22). The van der Waals surface area contributed by atoms with Crippen molar-refractivity contribution in [3.63, 3.8) is 0 Å². The zero-order chi connectivity index (χ0) is 18.1. The normalized spacial score (nSPS) is 16.6. The zero-order valence-electron chi connectivity index (χ0n) is 14.0. The van der Waals surface area contributed by atoms with E-state index in [4.69, 9.17) is 11.6 Å². The van der Waals surface area contributed by atoms with E-state index in [1.165, 1.54) is 12.1 Å². The van der Waals surface area contributed by atoms with E-state index >= 15 is 0 Å². The Morgan fingerprint density at radius 2 is 1.72 bits per heavy atom. The fourth-order valence-corrected chi connectivity index (χ4v) is 4.27. The van der Waals surface area contributed by atoms with Gasteiger partial charge in [0.2, 0.25) is 5.91 Å². The first-order chi connectivity index (χ1) is 11.8.